The van der Waals surface area contributed by atoms with E-state index in [2.05, 4.69) is 5.32 Å². The van der Waals surface area contributed by atoms with Crippen LogP contribution in [-0.4, -0.2) is 48.0 Å². The Balaban J connectivity index is 2.92. The number of amides is 3. The predicted molar refractivity (Wildman–Crippen MR) is 98.3 cm³/mol. The predicted octanol–water partition coefficient (Wildman–Crippen LogP) is 1.36. The maximum absolute atomic E-state index is 12.7. The third-order valence-corrected chi connectivity index (χ3v) is 4.02. The molecule has 1 rings (SSSR count). The van der Waals surface area contributed by atoms with Gasteiger partial charge in [-0.2, -0.15) is 0 Å². The highest BCUT2D eigenvalue weighted by Crippen LogP contribution is 2.17. The van der Waals surface area contributed by atoms with Gasteiger partial charge in [0.2, 0.25) is 17.7 Å². The van der Waals surface area contributed by atoms with Gasteiger partial charge in [0.15, 0.2) is 0 Å². The number of nitrogens with one attached hydrogen (secondary N) is 2. The van der Waals surface area contributed by atoms with E-state index in [0.717, 1.165) is 5.56 Å². The van der Waals surface area contributed by atoms with Crippen LogP contribution in [0, 0.1) is 11.8 Å². The summed E-state index contributed by atoms with van der Waals surface area (Å²) >= 11 is 0. The number of rotatable bonds is 9. The minimum absolute atomic E-state index is 0.130. The van der Waals surface area contributed by atoms with E-state index in [4.69, 9.17) is 5.21 Å². The molecule has 1 aromatic carbocycles. The highest BCUT2D eigenvalue weighted by molar-refractivity contribution is 5.90. The number of hydrogen-bond acceptors (Lipinski definition) is 4. The highest BCUT2D eigenvalue weighted by Gasteiger charge is 2.28. The van der Waals surface area contributed by atoms with Crippen LogP contribution < -0.4 is 10.8 Å². The van der Waals surface area contributed by atoms with Gasteiger partial charge in [-0.1, -0.05) is 44.2 Å². The number of nitrogens with zero attached hydrogens (tertiary/aromatic N) is 1. The molecule has 0 aromatic heterocycles. The second kappa shape index (κ2) is 10.6. The van der Waals surface area contributed by atoms with Gasteiger partial charge in [-0.15, -0.1) is 0 Å². The third-order valence-electron chi connectivity index (χ3n) is 4.02. The summed E-state index contributed by atoms with van der Waals surface area (Å²) in [5, 5.41) is 11.5. The molecular weight excluding hydrogens is 334 g/mol. The fourth-order valence-corrected chi connectivity index (χ4v) is 2.77. The molecule has 0 unspecified atom stereocenters. The maximum atomic E-state index is 12.7. The molecule has 144 valence electrons. The third kappa shape index (κ3) is 7.23. The van der Waals surface area contributed by atoms with Gasteiger partial charge in [0.25, 0.3) is 0 Å². The van der Waals surface area contributed by atoms with Crippen molar-refractivity contribution >= 4 is 17.7 Å². The first-order chi connectivity index (χ1) is 12.2. The van der Waals surface area contributed by atoms with Crippen molar-refractivity contribution in [1.29, 1.82) is 0 Å². The molecule has 2 atom stereocenters. The summed E-state index contributed by atoms with van der Waals surface area (Å²) in [6.07, 6.45) is 0.715. The largest absolute Gasteiger partial charge is 0.347 e. The van der Waals surface area contributed by atoms with Gasteiger partial charge in [-0.25, -0.2) is 5.48 Å². The molecule has 7 heteroatoms. The van der Waals surface area contributed by atoms with Crippen LogP contribution in [0.2, 0.25) is 0 Å². The van der Waals surface area contributed by atoms with E-state index in [-0.39, 0.29) is 24.2 Å². The first-order valence-corrected chi connectivity index (χ1v) is 8.73. The molecule has 0 fully saturated rings. The van der Waals surface area contributed by atoms with Gasteiger partial charge in [0.1, 0.15) is 6.04 Å². The molecule has 7 nitrogen and oxygen atoms in total. The Morgan fingerprint density at radius 2 is 1.73 bits per heavy atom. The molecule has 3 N–H and O–H groups in total. The summed E-state index contributed by atoms with van der Waals surface area (Å²) < 4.78 is 0. The standard InChI is InChI=1S/C19H29N3O4/c1-13(2)10-15(12-17(23)21-26)18(24)20-16(19(25)22(3)4)11-14-8-6-5-7-9-14/h5-9,13,15-16,26H,10-12H2,1-4H3,(H,20,24)(H,21,23)/t15-,16+/m1/s1. The van der Waals surface area contributed by atoms with E-state index in [1.165, 1.54) is 4.90 Å². The molecule has 0 aliphatic carbocycles. The summed E-state index contributed by atoms with van der Waals surface area (Å²) in [7, 11) is 3.27. The van der Waals surface area contributed by atoms with Crippen molar-refractivity contribution in [3.05, 3.63) is 35.9 Å². The van der Waals surface area contributed by atoms with E-state index in [0.29, 0.717) is 12.8 Å². The number of hydrogen-bond donors (Lipinski definition) is 3. The highest BCUT2D eigenvalue weighted by atomic mass is 16.5. The van der Waals surface area contributed by atoms with Crippen molar-refractivity contribution in [2.45, 2.75) is 39.2 Å². The van der Waals surface area contributed by atoms with E-state index in [1.54, 1.807) is 19.6 Å². The van der Waals surface area contributed by atoms with Crippen LogP contribution in [0.25, 0.3) is 0 Å². The van der Waals surface area contributed by atoms with E-state index >= 15 is 0 Å². The molecule has 0 aliphatic heterocycles. The molecule has 0 heterocycles. The summed E-state index contributed by atoms with van der Waals surface area (Å²) in [6.45, 7) is 3.90. The second-order valence-electron chi connectivity index (χ2n) is 7.05. The van der Waals surface area contributed by atoms with Crippen LogP contribution in [0.5, 0.6) is 0 Å². The monoisotopic (exact) mass is 363 g/mol. The van der Waals surface area contributed by atoms with Crippen molar-refractivity contribution in [2.75, 3.05) is 14.1 Å². The SMILES string of the molecule is CC(C)C[C@H](CC(=O)NO)C(=O)N[C@@H](Cc1ccccc1)C(=O)N(C)C. The molecule has 0 saturated carbocycles. The molecular formula is C19H29N3O4. The normalized spacial score (nSPS) is 13.0. The zero-order chi connectivity index (χ0) is 19.7. The fraction of sp³-hybridized carbons (Fsp3) is 0.526. The summed E-state index contributed by atoms with van der Waals surface area (Å²) in [4.78, 5) is 38.2. The summed E-state index contributed by atoms with van der Waals surface area (Å²) in [5.74, 6) is -1.62. The Labute approximate surface area is 154 Å². The summed E-state index contributed by atoms with van der Waals surface area (Å²) in [5.41, 5.74) is 2.50. The van der Waals surface area contributed by atoms with Gasteiger partial charge in [0.05, 0.1) is 0 Å². The van der Waals surface area contributed by atoms with Crippen molar-refractivity contribution in [3.8, 4) is 0 Å². The van der Waals surface area contributed by atoms with Crippen molar-refractivity contribution in [2.24, 2.45) is 11.8 Å². The van der Waals surface area contributed by atoms with Crippen LogP contribution in [0.1, 0.15) is 32.3 Å². The van der Waals surface area contributed by atoms with Crippen LogP contribution in [0.15, 0.2) is 30.3 Å². The first kappa shape index (κ1) is 21.6. The minimum atomic E-state index is -0.716. The van der Waals surface area contributed by atoms with E-state index < -0.39 is 17.9 Å². The number of hydroxylamine groups is 1. The van der Waals surface area contributed by atoms with Crippen molar-refractivity contribution in [1.82, 2.24) is 15.7 Å². The van der Waals surface area contributed by atoms with Gasteiger partial charge in [0, 0.05) is 32.9 Å². The molecule has 1 aromatic rings. The molecule has 0 saturated heterocycles. The minimum Gasteiger partial charge on any atom is -0.347 e. The van der Waals surface area contributed by atoms with Crippen LogP contribution >= 0.6 is 0 Å². The molecule has 0 spiro atoms. The molecule has 26 heavy (non-hydrogen) atoms. The number of carbonyl (C=O) groups is 3. The lowest BCUT2D eigenvalue weighted by Gasteiger charge is -2.25. The van der Waals surface area contributed by atoms with Gasteiger partial charge >= 0.3 is 0 Å². The Morgan fingerprint density at radius 3 is 2.23 bits per heavy atom. The molecule has 3 amide bonds. The van der Waals surface area contributed by atoms with Gasteiger partial charge < -0.3 is 10.2 Å². The summed E-state index contributed by atoms with van der Waals surface area (Å²) in [6, 6.07) is 8.71. The topological polar surface area (TPSA) is 98.7 Å². The quantitative estimate of drug-likeness (QED) is 0.456. The lowest BCUT2D eigenvalue weighted by atomic mass is 9.92. The number of carbonyl (C=O) groups excluding carboxylic acids is 3. The van der Waals surface area contributed by atoms with Crippen molar-refractivity contribution < 1.29 is 19.6 Å². The van der Waals surface area contributed by atoms with Crippen LogP contribution in [-0.2, 0) is 20.8 Å². The Kier molecular flexibility index (Phi) is 8.78. The number of likely N-dealkylation sites (N-methyl/N-ethyl adjacent to an activating group) is 1. The van der Waals surface area contributed by atoms with Crippen molar-refractivity contribution in [3.63, 3.8) is 0 Å². The smallest absolute Gasteiger partial charge is 0.244 e. The van der Waals surface area contributed by atoms with E-state index in [9.17, 15) is 14.4 Å². The molecule has 0 bridgehead atoms. The lowest BCUT2D eigenvalue weighted by Crippen LogP contribution is -2.49. The Bertz CT molecular complexity index is 602. The Morgan fingerprint density at radius 1 is 1.12 bits per heavy atom. The number of benzene rings is 1. The molecule has 0 radical (unpaired) electrons. The molecule has 0 aliphatic rings. The van der Waals surface area contributed by atoms with E-state index in [1.807, 2.05) is 44.2 Å². The zero-order valence-corrected chi connectivity index (χ0v) is 15.9. The van der Waals surface area contributed by atoms with Crippen LogP contribution in [0.3, 0.4) is 0 Å². The maximum Gasteiger partial charge on any atom is 0.244 e. The average molecular weight is 363 g/mol. The fourth-order valence-electron chi connectivity index (χ4n) is 2.77. The lowest BCUT2D eigenvalue weighted by molar-refractivity contribution is -0.138. The van der Waals surface area contributed by atoms with Crippen LogP contribution in [0.4, 0.5) is 0 Å². The Hall–Kier alpha value is -2.41. The second-order valence-corrected chi connectivity index (χ2v) is 7.05. The van der Waals surface area contributed by atoms with Gasteiger partial charge in [-0.3, -0.25) is 19.6 Å². The zero-order valence-electron chi connectivity index (χ0n) is 15.9. The average Bonchev–Trinajstić information content (AvgIpc) is 2.60. The first-order valence-electron chi connectivity index (χ1n) is 8.73. The van der Waals surface area contributed by atoms with Gasteiger partial charge in [-0.05, 0) is 17.9 Å².